The van der Waals surface area contributed by atoms with Crippen molar-refractivity contribution in [3.63, 3.8) is 0 Å². The Morgan fingerprint density at radius 2 is 1.93 bits per heavy atom. The highest BCUT2D eigenvalue weighted by molar-refractivity contribution is 6.35. The molecular weight excluding hydrogens is 233 g/mol. The van der Waals surface area contributed by atoms with E-state index in [2.05, 4.69) is 5.32 Å². The molecule has 15 heavy (non-hydrogen) atoms. The van der Waals surface area contributed by atoms with E-state index in [1.807, 2.05) is 25.1 Å². The molecule has 1 rings (SSSR count). The summed E-state index contributed by atoms with van der Waals surface area (Å²) in [6, 6.07) is 5.80. The molecular formula is C11H15Cl2NO. The first-order valence-electron chi connectivity index (χ1n) is 4.80. The van der Waals surface area contributed by atoms with Crippen molar-refractivity contribution in [3.8, 4) is 0 Å². The van der Waals surface area contributed by atoms with Crippen molar-refractivity contribution in [1.29, 1.82) is 0 Å². The molecule has 0 saturated heterocycles. The Balaban J connectivity index is 2.57. The molecule has 0 heterocycles. The molecule has 1 N–H and O–H groups in total. The quantitative estimate of drug-likeness (QED) is 0.864. The highest BCUT2D eigenvalue weighted by Gasteiger charge is 2.06. The maximum atomic E-state index is 6.03. The average molecular weight is 248 g/mol. The molecule has 0 fully saturated rings. The van der Waals surface area contributed by atoms with Crippen LogP contribution in [0.1, 0.15) is 12.5 Å². The minimum absolute atomic E-state index is 0.280. The number of methoxy groups -OCH3 is 1. The van der Waals surface area contributed by atoms with Crippen LogP contribution in [0.3, 0.4) is 0 Å². The average Bonchev–Trinajstić information content (AvgIpc) is 2.17. The van der Waals surface area contributed by atoms with Gasteiger partial charge in [0.1, 0.15) is 0 Å². The number of benzene rings is 1. The molecule has 1 aromatic carbocycles. The third kappa shape index (κ3) is 3.99. The van der Waals surface area contributed by atoms with Gasteiger partial charge in [-0.05, 0) is 19.1 Å². The topological polar surface area (TPSA) is 21.3 Å². The summed E-state index contributed by atoms with van der Waals surface area (Å²) >= 11 is 12.1. The molecule has 0 aliphatic rings. The second-order valence-electron chi connectivity index (χ2n) is 3.44. The monoisotopic (exact) mass is 247 g/mol. The first-order chi connectivity index (χ1) is 7.15. The highest BCUT2D eigenvalue weighted by atomic mass is 35.5. The van der Waals surface area contributed by atoms with Crippen LogP contribution in [0, 0.1) is 0 Å². The number of nitrogens with one attached hydrogen (secondary N) is 1. The summed E-state index contributed by atoms with van der Waals surface area (Å²) in [6.07, 6.45) is 0. The van der Waals surface area contributed by atoms with Gasteiger partial charge in [-0.25, -0.2) is 0 Å². The van der Waals surface area contributed by atoms with Gasteiger partial charge in [0.25, 0.3) is 0 Å². The minimum Gasteiger partial charge on any atom is -0.383 e. The molecule has 0 bridgehead atoms. The SMILES string of the molecule is COC[C@@H](C)NCc1c(Cl)cccc1Cl. The molecule has 0 saturated carbocycles. The molecule has 0 aliphatic carbocycles. The second-order valence-corrected chi connectivity index (χ2v) is 4.25. The first kappa shape index (κ1) is 12.8. The number of halogens is 2. The van der Waals surface area contributed by atoms with Crippen molar-refractivity contribution < 1.29 is 4.74 Å². The maximum absolute atomic E-state index is 6.03. The molecule has 0 unspecified atom stereocenters. The molecule has 0 amide bonds. The van der Waals surface area contributed by atoms with E-state index in [1.165, 1.54) is 0 Å². The van der Waals surface area contributed by atoms with Gasteiger partial charge in [0.05, 0.1) is 6.61 Å². The van der Waals surface area contributed by atoms with E-state index < -0.39 is 0 Å². The lowest BCUT2D eigenvalue weighted by Crippen LogP contribution is -2.29. The number of ether oxygens (including phenoxy) is 1. The molecule has 84 valence electrons. The van der Waals surface area contributed by atoms with Crippen LogP contribution in [-0.2, 0) is 11.3 Å². The van der Waals surface area contributed by atoms with Gasteiger partial charge in [0.15, 0.2) is 0 Å². The minimum atomic E-state index is 0.280. The first-order valence-corrected chi connectivity index (χ1v) is 5.56. The fourth-order valence-electron chi connectivity index (χ4n) is 1.29. The van der Waals surface area contributed by atoms with Gasteiger partial charge in [-0.1, -0.05) is 29.3 Å². The van der Waals surface area contributed by atoms with E-state index in [1.54, 1.807) is 7.11 Å². The van der Waals surface area contributed by atoms with Crippen molar-refractivity contribution >= 4 is 23.2 Å². The maximum Gasteiger partial charge on any atom is 0.0613 e. The number of hydrogen-bond acceptors (Lipinski definition) is 2. The summed E-state index contributed by atoms with van der Waals surface area (Å²) in [6.45, 7) is 3.37. The third-order valence-corrected chi connectivity index (χ3v) is 2.81. The molecule has 0 aliphatic heterocycles. The van der Waals surface area contributed by atoms with E-state index in [-0.39, 0.29) is 6.04 Å². The van der Waals surface area contributed by atoms with Gasteiger partial charge in [0.2, 0.25) is 0 Å². The lowest BCUT2D eigenvalue weighted by molar-refractivity contribution is 0.171. The molecule has 1 aromatic rings. The van der Waals surface area contributed by atoms with Crippen LogP contribution >= 0.6 is 23.2 Å². The van der Waals surface area contributed by atoms with Crippen LogP contribution in [0.2, 0.25) is 10.0 Å². The Hall–Kier alpha value is -0.280. The normalized spacial score (nSPS) is 12.8. The van der Waals surface area contributed by atoms with E-state index in [4.69, 9.17) is 27.9 Å². The Labute approximate surface area is 101 Å². The van der Waals surface area contributed by atoms with Crippen molar-refractivity contribution in [2.24, 2.45) is 0 Å². The number of hydrogen-bond donors (Lipinski definition) is 1. The molecule has 0 aromatic heterocycles. The lowest BCUT2D eigenvalue weighted by Gasteiger charge is -2.14. The van der Waals surface area contributed by atoms with Crippen LogP contribution in [0.25, 0.3) is 0 Å². The van der Waals surface area contributed by atoms with Crippen LogP contribution < -0.4 is 5.32 Å². The predicted octanol–water partition coefficient (Wildman–Crippen LogP) is 3.12. The summed E-state index contributed by atoms with van der Waals surface area (Å²) in [7, 11) is 1.68. The van der Waals surface area contributed by atoms with Gasteiger partial charge in [-0.2, -0.15) is 0 Å². The van der Waals surface area contributed by atoms with Gasteiger partial charge in [0, 0.05) is 35.3 Å². The molecule has 1 atom stereocenters. The largest absolute Gasteiger partial charge is 0.383 e. The summed E-state index contributed by atoms with van der Waals surface area (Å²) in [5, 5.41) is 4.68. The standard InChI is InChI=1S/C11H15Cl2NO/c1-8(7-15-2)14-6-9-10(12)4-3-5-11(9)13/h3-5,8,14H,6-7H2,1-2H3/t8-/m1/s1. The van der Waals surface area contributed by atoms with Gasteiger partial charge < -0.3 is 10.1 Å². The van der Waals surface area contributed by atoms with Crippen LogP contribution in [0.5, 0.6) is 0 Å². The summed E-state index contributed by atoms with van der Waals surface area (Å²) in [5.74, 6) is 0. The molecule has 2 nitrogen and oxygen atoms in total. The van der Waals surface area contributed by atoms with Crippen LogP contribution in [0.15, 0.2) is 18.2 Å². The van der Waals surface area contributed by atoms with Crippen molar-refractivity contribution in [1.82, 2.24) is 5.32 Å². The van der Waals surface area contributed by atoms with Crippen LogP contribution in [-0.4, -0.2) is 19.8 Å². The zero-order valence-corrected chi connectivity index (χ0v) is 10.4. The highest BCUT2D eigenvalue weighted by Crippen LogP contribution is 2.23. The van der Waals surface area contributed by atoms with E-state index >= 15 is 0 Å². The fraction of sp³-hybridized carbons (Fsp3) is 0.455. The lowest BCUT2D eigenvalue weighted by atomic mass is 10.2. The second kappa shape index (κ2) is 6.33. The van der Waals surface area contributed by atoms with Crippen molar-refractivity contribution in [2.75, 3.05) is 13.7 Å². The number of rotatable bonds is 5. The van der Waals surface area contributed by atoms with E-state index in [9.17, 15) is 0 Å². The zero-order valence-electron chi connectivity index (χ0n) is 8.89. The summed E-state index contributed by atoms with van der Waals surface area (Å²) in [5.41, 5.74) is 0.934. The van der Waals surface area contributed by atoms with E-state index in [0.29, 0.717) is 23.2 Å². The smallest absolute Gasteiger partial charge is 0.0613 e. The van der Waals surface area contributed by atoms with E-state index in [0.717, 1.165) is 5.56 Å². The third-order valence-electron chi connectivity index (χ3n) is 2.11. The van der Waals surface area contributed by atoms with Gasteiger partial charge >= 0.3 is 0 Å². The fourth-order valence-corrected chi connectivity index (χ4v) is 1.82. The Kier molecular flexibility index (Phi) is 5.40. The predicted molar refractivity (Wildman–Crippen MR) is 64.6 cm³/mol. The Morgan fingerprint density at radius 1 is 1.33 bits per heavy atom. The molecule has 0 spiro atoms. The Morgan fingerprint density at radius 3 is 2.47 bits per heavy atom. The molecule has 0 radical (unpaired) electrons. The summed E-state index contributed by atoms with van der Waals surface area (Å²) in [4.78, 5) is 0. The van der Waals surface area contributed by atoms with Crippen LogP contribution in [0.4, 0.5) is 0 Å². The molecule has 4 heteroatoms. The van der Waals surface area contributed by atoms with Gasteiger partial charge in [-0.15, -0.1) is 0 Å². The zero-order chi connectivity index (χ0) is 11.3. The Bertz CT molecular complexity index is 297. The van der Waals surface area contributed by atoms with Crippen molar-refractivity contribution in [3.05, 3.63) is 33.8 Å². The summed E-state index contributed by atoms with van der Waals surface area (Å²) < 4.78 is 5.02. The van der Waals surface area contributed by atoms with Gasteiger partial charge in [-0.3, -0.25) is 0 Å². The van der Waals surface area contributed by atoms with Crippen molar-refractivity contribution in [2.45, 2.75) is 19.5 Å².